The van der Waals surface area contributed by atoms with E-state index in [9.17, 15) is 14.0 Å². The van der Waals surface area contributed by atoms with Crippen molar-refractivity contribution in [3.05, 3.63) is 35.9 Å². The topological polar surface area (TPSA) is 46.6 Å². The molecule has 20 heavy (non-hydrogen) atoms. The van der Waals surface area contributed by atoms with Gasteiger partial charge in [0.15, 0.2) is 0 Å². The highest BCUT2D eigenvalue weighted by molar-refractivity contribution is 5.81. The monoisotopic (exact) mass is 277 g/mol. The Morgan fingerprint density at radius 1 is 1.35 bits per heavy atom. The minimum absolute atomic E-state index is 0.0264. The molecule has 1 aliphatic carbocycles. The summed E-state index contributed by atoms with van der Waals surface area (Å²) >= 11 is 0. The molecule has 1 saturated carbocycles. The number of carbonyl (C=O) groups excluding carboxylic acids is 2. The van der Waals surface area contributed by atoms with Crippen molar-refractivity contribution in [1.29, 1.82) is 0 Å². The molecule has 106 valence electrons. The van der Waals surface area contributed by atoms with Gasteiger partial charge in [0.05, 0.1) is 6.04 Å². The number of hydrogen-bond acceptors (Lipinski definition) is 3. The van der Waals surface area contributed by atoms with Gasteiger partial charge in [0, 0.05) is 25.3 Å². The second kappa shape index (κ2) is 5.23. The summed E-state index contributed by atoms with van der Waals surface area (Å²) in [5.41, 5.74) is 0.885. The summed E-state index contributed by atoms with van der Waals surface area (Å²) < 4.78 is 18.8. The fourth-order valence-corrected chi connectivity index (χ4v) is 2.73. The molecule has 1 aromatic carbocycles. The molecular formula is C15H16FNO3. The van der Waals surface area contributed by atoms with Crippen LogP contribution in [0.3, 0.4) is 0 Å². The van der Waals surface area contributed by atoms with Gasteiger partial charge in [0.1, 0.15) is 18.6 Å². The molecule has 0 radical (unpaired) electrons. The first-order valence-corrected chi connectivity index (χ1v) is 6.80. The Kier molecular flexibility index (Phi) is 3.42. The van der Waals surface area contributed by atoms with Crippen LogP contribution in [0.25, 0.3) is 0 Å². The van der Waals surface area contributed by atoms with Crippen LogP contribution in [0, 0.1) is 5.92 Å². The van der Waals surface area contributed by atoms with Crippen molar-refractivity contribution < 1.29 is 18.7 Å². The van der Waals surface area contributed by atoms with E-state index in [0.717, 1.165) is 5.56 Å². The van der Waals surface area contributed by atoms with Crippen molar-refractivity contribution >= 4 is 11.9 Å². The summed E-state index contributed by atoms with van der Waals surface area (Å²) in [6, 6.07) is 8.86. The van der Waals surface area contributed by atoms with Crippen molar-refractivity contribution in [2.45, 2.75) is 31.7 Å². The lowest BCUT2D eigenvalue weighted by Crippen LogP contribution is -2.36. The van der Waals surface area contributed by atoms with Crippen LogP contribution in [0.1, 0.15) is 18.4 Å². The lowest BCUT2D eigenvalue weighted by molar-refractivity contribution is -0.119. The molecule has 3 atom stereocenters. The van der Waals surface area contributed by atoms with Gasteiger partial charge >= 0.3 is 6.09 Å². The molecule has 5 heteroatoms. The Balaban J connectivity index is 1.60. The number of Topliss-reactive ketones (excluding diaryl/α,β-unsaturated/α-hetero) is 1. The summed E-state index contributed by atoms with van der Waals surface area (Å²) in [5, 5.41) is 0. The maximum atomic E-state index is 13.6. The molecule has 1 amide bonds. The molecule has 2 fully saturated rings. The Hall–Kier alpha value is -1.91. The summed E-state index contributed by atoms with van der Waals surface area (Å²) in [6.07, 6.45) is -1.07. The first kappa shape index (κ1) is 13.1. The summed E-state index contributed by atoms with van der Waals surface area (Å²) in [7, 11) is 0. The summed E-state index contributed by atoms with van der Waals surface area (Å²) in [6.45, 7) is 0.423. The number of likely N-dealkylation sites (tertiary alicyclic amines) is 1. The number of alkyl halides is 1. The van der Waals surface area contributed by atoms with Crippen LogP contribution >= 0.6 is 0 Å². The second-order valence-corrected chi connectivity index (χ2v) is 5.33. The highest BCUT2D eigenvalue weighted by Crippen LogP contribution is 2.44. The minimum Gasteiger partial charge on any atom is -0.445 e. The van der Waals surface area contributed by atoms with Gasteiger partial charge in [-0.2, -0.15) is 0 Å². The van der Waals surface area contributed by atoms with Gasteiger partial charge in [-0.25, -0.2) is 9.18 Å². The maximum Gasteiger partial charge on any atom is 0.410 e. The van der Waals surface area contributed by atoms with E-state index in [1.54, 1.807) is 0 Å². The normalized spacial score (nSPS) is 28.6. The number of benzene rings is 1. The van der Waals surface area contributed by atoms with E-state index in [1.165, 1.54) is 4.90 Å². The van der Waals surface area contributed by atoms with E-state index in [1.807, 2.05) is 30.3 Å². The third kappa shape index (κ3) is 2.53. The number of ether oxygens (including phenoxy) is 1. The first-order chi connectivity index (χ1) is 9.66. The predicted molar refractivity (Wildman–Crippen MR) is 69.7 cm³/mol. The van der Waals surface area contributed by atoms with E-state index in [0.29, 0.717) is 6.42 Å². The second-order valence-electron chi connectivity index (χ2n) is 5.33. The molecule has 1 aliphatic heterocycles. The van der Waals surface area contributed by atoms with Crippen molar-refractivity contribution in [3.63, 3.8) is 0 Å². The van der Waals surface area contributed by atoms with E-state index in [4.69, 9.17) is 4.74 Å². The zero-order chi connectivity index (χ0) is 14.1. The van der Waals surface area contributed by atoms with Crippen LogP contribution in [0.2, 0.25) is 0 Å². The molecule has 1 aromatic rings. The van der Waals surface area contributed by atoms with Crippen LogP contribution in [-0.4, -0.2) is 35.5 Å². The molecule has 1 unspecified atom stereocenters. The number of hydrogen-bond donors (Lipinski definition) is 0. The molecule has 1 saturated heterocycles. The number of ketones is 1. The van der Waals surface area contributed by atoms with Gasteiger partial charge in [-0.3, -0.25) is 4.79 Å². The molecule has 0 bridgehead atoms. The lowest BCUT2D eigenvalue weighted by Gasteiger charge is -2.20. The van der Waals surface area contributed by atoms with Gasteiger partial charge in [-0.1, -0.05) is 30.3 Å². The van der Waals surface area contributed by atoms with Crippen molar-refractivity contribution in [3.8, 4) is 0 Å². The smallest absolute Gasteiger partial charge is 0.410 e. The number of amides is 1. The highest BCUT2D eigenvalue weighted by Gasteiger charge is 2.58. The van der Waals surface area contributed by atoms with Crippen LogP contribution in [0.4, 0.5) is 9.18 Å². The number of halogens is 1. The molecule has 3 rings (SSSR count). The lowest BCUT2D eigenvalue weighted by atomic mass is 10.2. The third-order valence-electron chi connectivity index (χ3n) is 3.93. The average molecular weight is 277 g/mol. The number of nitrogens with zero attached hydrogens (tertiary/aromatic N) is 1. The molecule has 4 nitrogen and oxygen atoms in total. The SMILES string of the molecule is O=C1CCN(C(=O)OCc2ccccc2)[C@H]2C(C1)[C@@H]2F. The molecular weight excluding hydrogens is 261 g/mol. The van der Waals surface area contributed by atoms with Crippen LogP contribution in [-0.2, 0) is 16.1 Å². The Bertz CT molecular complexity index is 519. The van der Waals surface area contributed by atoms with Crippen molar-refractivity contribution in [2.75, 3.05) is 6.54 Å². The first-order valence-electron chi connectivity index (χ1n) is 6.80. The Morgan fingerprint density at radius 2 is 2.10 bits per heavy atom. The molecule has 0 N–H and O–H groups in total. The van der Waals surface area contributed by atoms with Gasteiger partial charge in [0.25, 0.3) is 0 Å². The van der Waals surface area contributed by atoms with Gasteiger partial charge in [-0.15, -0.1) is 0 Å². The summed E-state index contributed by atoms with van der Waals surface area (Å²) in [5.74, 6) is -0.298. The van der Waals surface area contributed by atoms with Crippen molar-refractivity contribution in [2.24, 2.45) is 5.92 Å². The van der Waals surface area contributed by atoms with Crippen LogP contribution in [0.15, 0.2) is 30.3 Å². The maximum absolute atomic E-state index is 13.6. The standard InChI is InChI=1S/C15H16FNO3/c16-13-12-8-11(18)6-7-17(14(12)13)15(19)20-9-10-4-2-1-3-5-10/h1-5,12-14H,6-9H2/t12?,13-,14-/m0/s1. The quantitative estimate of drug-likeness (QED) is 0.833. The zero-order valence-corrected chi connectivity index (χ0v) is 11.0. The molecule has 0 spiro atoms. The van der Waals surface area contributed by atoms with Crippen LogP contribution < -0.4 is 0 Å². The molecule has 0 aromatic heterocycles. The van der Waals surface area contributed by atoms with Gasteiger partial charge < -0.3 is 9.64 Å². The van der Waals surface area contributed by atoms with E-state index >= 15 is 0 Å². The van der Waals surface area contributed by atoms with Gasteiger partial charge in [0.2, 0.25) is 0 Å². The van der Waals surface area contributed by atoms with E-state index in [-0.39, 0.29) is 31.3 Å². The zero-order valence-electron chi connectivity index (χ0n) is 11.0. The Morgan fingerprint density at radius 3 is 2.85 bits per heavy atom. The predicted octanol–water partition coefficient (Wildman–Crippen LogP) is 2.32. The van der Waals surface area contributed by atoms with Crippen molar-refractivity contribution in [1.82, 2.24) is 4.90 Å². The van der Waals surface area contributed by atoms with Crippen LogP contribution in [0.5, 0.6) is 0 Å². The van der Waals surface area contributed by atoms with Gasteiger partial charge in [-0.05, 0) is 5.56 Å². The summed E-state index contributed by atoms with van der Waals surface area (Å²) in [4.78, 5) is 24.9. The average Bonchev–Trinajstić information content (AvgIpc) is 3.12. The fourth-order valence-electron chi connectivity index (χ4n) is 2.73. The van der Waals surface area contributed by atoms with E-state index in [2.05, 4.69) is 0 Å². The van der Waals surface area contributed by atoms with E-state index < -0.39 is 18.3 Å². The molecule has 2 aliphatic rings. The third-order valence-corrected chi connectivity index (χ3v) is 3.93. The fraction of sp³-hybridized carbons (Fsp3) is 0.467. The minimum atomic E-state index is -1.08. The number of carbonyl (C=O) groups is 2. The Labute approximate surface area is 116 Å². The highest BCUT2D eigenvalue weighted by atomic mass is 19.1. The largest absolute Gasteiger partial charge is 0.445 e. The molecule has 1 heterocycles. The number of rotatable bonds is 2. The number of fused-ring (bicyclic) bond motifs is 1.